The summed E-state index contributed by atoms with van der Waals surface area (Å²) in [5.74, 6) is -1.20. The molecule has 0 fully saturated rings. The number of carboxylic acids is 1. The van der Waals surface area contributed by atoms with E-state index in [1.807, 2.05) is 19.1 Å². The minimum Gasteiger partial charge on any atom is -0.478 e. The van der Waals surface area contributed by atoms with Crippen LogP contribution in [-0.4, -0.2) is 22.0 Å². The molecule has 2 N–H and O–H groups in total. The highest BCUT2D eigenvalue weighted by atomic mass is 32.1. The van der Waals surface area contributed by atoms with Gasteiger partial charge >= 0.3 is 5.97 Å². The Hall–Kier alpha value is -2.21. The number of amides is 1. The van der Waals surface area contributed by atoms with Gasteiger partial charge in [-0.1, -0.05) is 6.92 Å². The molecule has 6 heteroatoms. The second-order valence-corrected chi connectivity index (χ2v) is 5.65. The van der Waals surface area contributed by atoms with Crippen LogP contribution in [0.2, 0.25) is 0 Å². The molecule has 0 aliphatic rings. The van der Waals surface area contributed by atoms with Crippen LogP contribution < -0.4 is 5.32 Å². The topological polar surface area (TPSA) is 79.3 Å². The largest absolute Gasteiger partial charge is 0.478 e. The highest BCUT2D eigenvalue weighted by Crippen LogP contribution is 2.28. The molecule has 0 radical (unpaired) electrons. The van der Waals surface area contributed by atoms with Gasteiger partial charge in [-0.15, -0.1) is 11.3 Å². The summed E-state index contributed by atoms with van der Waals surface area (Å²) in [4.78, 5) is 28.0. The number of hydrogen-bond acceptors (Lipinski definition) is 4. The lowest BCUT2D eigenvalue weighted by Crippen LogP contribution is -2.13. The normalized spacial score (nSPS) is 10.3. The van der Waals surface area contributed by atoms with Gasteiger partial charge in [-0.2, -0.15) is 0 Å². The summed E-state index contributed by atoms with van der Waals surface area (Å²) in [6, 6.07) is 5.33. The Labute approximate surface area is 126 Å². The van der Waals surface area contributed by atoms with Crippen LogP contribution in [-0.2, 0) is 17.6 Å². The van der Waals surface area contributed by atoms with Crippen molar-refractivity contribution in [2.45, 2.75) is 26.2 Å². The standard InChI is InChI=1S/C15H16N2O3S/c1-2-11-9-12(15(19)20)14(21-11)17-13(18)4-3-10-5-7-16-8-6-10/h5-9H,2-4H2,1H3,(H,17,18)(H,19,20). The highest BCUT2D eigenvalue weighted by molar-refractivity contribution is 7.16. The van der Waals surface area contributed by atoms with Crippen LogP contribution in [0, 0.1) is 0 Å². The molecule has 0 saturated carbocycles. The molecule has 110 valence electrons. The first kappa shape index (κ1) is 15.2. The molecule has 0 saturated heterocycles. The number of nitrogens with zero attached hydrogens (tertiary/aromatic N) is 1. The lowest BCUT2D eigenvalue weighted by molar-refractivity contribution is -0.116. The number of carboxylic acid groups (broad SMARTS) is 1. The summed E-state index contributed by atoms with van der Waals surface area (Å²) in [6.07, 6.45) is 5.02. The van der Waals surface area contributed by atoms with Crippen LogP contribution in [0.15, 0.2) is 30.6 Å². The molecule has 0 aliphatic carbocycles. The second-order valence-electron chi connectivity index (χ2n) is 4.52. The number of nitrogens with one attached hydrogen (secondary N) is 1. The molecule has 2 aromatic rings. The van der Waals surface area contributed by atoms with E-state index < -0.39 is 5.97 Å². The molecule has 2 aromatic heterocycles. The molecule has 2 rings (SSSR count). The van der Waals surface area contributed by atoms with Gasteiger partial charge in [-0.05, 0) is 36.6 Å². The van der Waals surface area contributed by atoms with E-state index in [9.17, 15) is 9.59 Å². The summed E-state index contributed by atoms with van der Waals surface area (Å²) in [7, 11) is 0. The summed E-state index contributed by atoms with van der Waals surface area (Å²) < 4.78 is 0. The number of thiophene rings is 1. The third kappa shape index (κ3) is 4.13. The van der Waals surface area contributed by atoms with Crippen LogP contribution in [0.3, 0.4) is 0 Å². The molecule has 0 aliphatic heterocycles. The van der Waals surface area contributed by atoms with Crippen molar-refractivity contribution in [1.82, 2.24) is 4.98 Å². The van der Waals surface area contributed by atoms with Crippen LogP contribution in [0.25, 0.3) is 0 Å². The van der Waals surface area contributed by atoms with Crippen molar-refractivity contribution < 1.29 is 14.7 Å². The van der Waals surface area contributed by atoms with E-state index >= 15 is 0 Å². The van der Waals surface area contributed by atoms with Gasteiger partial charge in [0.25, 0.3) is 0 Å². The van der Waals surface area contributed by atoms with Crippen molar-refractivity contribution in [1.29, 1.82) is 0 Å². The first-order valence-corrected chi connectivity index (χ1v) is 7.46. The monoisotopic (exact) mass is 304 g/mol. The van der Waals surface area contributed by atoms with Gasteiger partial charge in [0.15, 0.2) is 0 Å². The fourth-order valence-electron chi connectivity index (χ4n) is 1.86. The third-order valence-corrected chi connectivity index (χ3v) is 4.20. The highest BCUT2D eigenvalue weighted by Gasteiger charge is 2.16. The van der Waals surface area contributed by atoms with Gasteiger partial charge in [0.05, 0.1) is 5.56 Å². The predicted octanol–water partition coefficient (Wildman–Crippen LogP) is 2.98. The Kier molecular flexibility index (Phi) is 5.05. The van der Waals surface area contributed by atoms with E-state index in [4.69, 9.17) is 5.11 Å². The van der Waals surface area contributed by atoms with Crippen LogP contribution >= 0.6 is 11.3 Å². The number of anilines is 1. The Morgan fingerprint density at radius 3 is 2.67 bits per heavy atom. The van der Waals surface area contributed by atoms with Crippen molar-refractivity contribution in [2.75, 3.05) is 5.32 Å². The molecule has 0 bridgehead atoms. The maximum Gasteiger partial charge on any atom is 0.338 e. The number of aromatic nitrogens is 1. The molecule has 5 nitrogen and oxygen atoms in total. The minimum absolute atomic E-state index is 0.161. The molecular formula is C15H16N2O3S. The molecule has 0 aromatic carbocycles. The third-order valence-electron chi connectivity index (χ3n) is 3.01. The molecule has 21 heavy (non-hydrogen) atoms. The first-order valence-electron chi connectivity index (χ1n) is 6.65. The van der Waals surface area contributed by atoms with Gasteiger partial charge in [-0.3, -0.25) is 9.78 Å². The number of aromatic carboxylic acids is 1. The van der Waals surface area contributed by atoms with Crippen molar-refractivity contribution in [3.63, 3.8) is 0 Å². The zero-order valence-corrected chi connectivity index (χ0v) is 12.4. The zero-order valence-electron chi connectivity index (χ0n) is 11.6. The summed E-state index contributed by atoms with van der Waals surface area (Å²) in [5, 5.41) is 12.3. The Bertz CT molecular complexity index is 638. The lowest BCUT2D eigenvalue weighted by Gasteiger charge is -2.04. The maximum atomic E-state index is 11.9. The molecular weight excluding hydrogens is 288 g/mol. The fourth-order valence-corrected chi connectivity index (χ4v) is 2.87. The van der Waals surface area contributed by atoms with Crippen LogP contribution in [0.1, 0.15) is 34.1 Å². The second kappa shape index (κ2) is 6.99. The fraction of sp³-hybridized carbons (Fsp3) is 0.267. The molecule has 0 spiro atoms. The first-order chi connectivity index (χ1) is 10.1. The summed E-state index contributed by atoms with van der Waals surface area (Å²) >= 11 is 1.32. The average molecular weight is 304 g/mol. The predicted molar refractivity (Wildman–Crippen MR) is 81.8 cm³/mol. The van der Waals surface area contributed by atoms with Crippen molar-refractivity contribution in [2.24, 2.45) is 0 Å². The number of hydrogen-bond donors (Lipinski definition) is 2. The van der Waals surface area contributed by atoms with Crippen molar-refractivity contribution >= 4 is 28.2 Å². The number of carbonyl (C=O) groups excluding carboxylic acids is 1. The van der Waals surface area contributed by atoms with Crippen LogP contribution in [0.5, 0.6) is 0 Å². The SMILES string of the molecule is CCc1cc(C(=O)O)c(NC(=O)CCc2ccncc2)s1. The number of rotatable bonds is 6. The van der Waals surface area contributed by atoms with Crippen molar-refractivity contribution in [3.8, 4) is 0 Å². The average Bonchev–Trinajstić information content (AvgIpc) is 2.89. The van der Waals surface area contributed by atoms with Gasteiger partial charge < -0.3 is 10.4 Å². The van der Waals surface area contributed by atoms with Crippen LogP contribution in [0.4, 0.5) is 5.00 Å². The number of aryl methyl sites for hydroxylation is 2. The van der Waals surface area contributed by atoms with Crippen molar-refractivity contribution in [3.05, 3.63) is 46.6 Å². The quantitative estimate of drug-likeness (QED) is 0.860. The van der Waals surface area contributed by atoms with E-state index in [1.54, 1.807) is 18.5 Å². The van der Waals surface area contributed by atoms with Gasteiger partial charge in [-0.25, -0.2) is 4.79 Å². The van der Waals surface area contributed by atoms with Gasteiger partial charge in [0, 0.05) is 23.7 Å². The minimum atomic E-state index is -1.02. The van der Waals surface area contributed by atoms with Gasteiger partial charge in [0.2, 0.25) is 5.91 Å². The van der Waals surface area contributed by atoms with E-state index in [2.05, 4.69) is 10.3 Å². The molecule has 0 atom stereocenters. The van der Waals surface area contributed by atoms with Gasteiger partial charge in [0.1, 0.15) is 5.00 Å². The lowest BCUT2D eigenvalue weighted by atomic mass is 10.1. The number of pyridine rings is 1. The van der Waals surface area contributed by atoms with E-state index in [0.717, 1.165) is 16.9 Å². The molecule has 0 unspecified atom stereocenters. The summed E-state index contributed by atoms with van der Waals surface area (Å²) in [6.45, 7) is 1.95. The van der Waals surface area contributed by atoms with E-state index in [-0.39, 0.29) is 11.5 Å². The zero-order chi connectivity index (χ0) is 15.2. The maximum absolute atomic E-state index is 11.9. The number of carbonyl (C=O) groups is 2. The Morgan fingerprint density at radius 1 is 1.33 bits per heavy atom. The Morgan fingerprint density at radius 2 is 2.05 bits per heavy atom. The molecule has 1 amide bonds. The Balaban J connectivity index is 1.99. The molecule has 2 heterocycles. The van der Waals surface area contributed by atoms with E-state index in [1.165, 1.54) is 11.3 Å². The van der Waals surface area contributed by atoms with E-state index in [0.29, 0.717) is 17.8 Å². The smallest absolute Gasteiger partial charge is 0.338 e. The summed E-state index contributed by atoms with van der Waals surface area (Å²) in [5.41, 5.74) is 1.19.